The maximum Gasteiger partial charge on any atom is 0.168 e. The summed E-state index contributed by atoms with van der Waals surface area (Å²) in [5.41, 5.74) is 2.14. The number of aryl methyl sites for hydroxylation is 1. The molecule has 3 aromatic rings. The first-order chi connectivity index (χ1) is 14.1. The molecule has 3 aromatic heterocycles. The molecular formula is C21H32F3N5. The van der Waals surface area contributed by atoms with Gasteiger partial charge in [-0.2, -0.15) is 0 Å². The minimum absolute atomic E-state index is 0. The van der Waals surface area contributed by atoms with Crippen LogP contribution in [0.4, 0.5) is 19.0 Å². The molecule has 0 saturated carbocycles. The predicted molar refractivity (Wildman–Crippen MR) is 115 cm³/mol. The van der Waals surface area contributed by atoms with Gasteiger partial charge in [0.15, 0.2) is 17.5 Å². The number of hydrogen-bond acceptors (Lipinski definition) is 4. The number of imidazole rings is 1. The van der Waals surface area contributed by atoms with Crippen LogP contribution in [0.2, 0.25) is 0 Å². The number of aromatic nitrogens is 3. The minimum Gasteiger partial charge on any atom is -0.361 e. The smallest absolute Gasteiger partial charge is 0.168 e. The number of fused-ring (bicyclic) bond motifs is 1. The van der Waals surface area contributed by atoms with Crippen molar-refractivity contribution in [3.63, 3.8) is 0 Å². The molecule has 2 N–H and O–H groups in total. The summed E-state index contributed by atoms with van der Waals surface area (Å²) in [6.07, 6.45) is 3.36. The zero-order valence-electron chi connectivity index (χ0n) is 16.8. The average molecular weight is 412 g/mol. The summed E-state index contributed by atoms with van der Waals surface area (Å²) >= 11 is 0. The topological polar surface area (TPSA) is 54.2 Å². The summed E-state index contributed by atoms with van der Waals surface area (Å²) in [4.78, 5) is 8.42. The Hall–Kier alpha value is -2.61. The van der Waals surface area contributed by atoms with Crippen LogP contribution in [0.5, 0.6) is 0 Å². The van der Waals surface area contributed by atoms with E-state index in [2.05, 4.69) is 20.6 Å². The second-order valence-corrected chi connectivity index (χ2v) is 6.67. The van der Waals surface area contributed by atoms with Gasteiger partial charge in [0.1, 0.15) is 17.5 Å². The summed E-state index contributed by atoms with van der Waals surface area (Å²) in [7, 11) is 0. The zero-order valence-corrected chi connectivity index (χ0v) is 16.8. The van der Waals surface area contributed by atoms with Gasteiger partial charge in [0, 0.05) is 23.1 Å². The lowest BCUT2D eigenvalue weighted by molar-refractivity contribution is 0.240. The van der Waals surface area contributed by atoms with Crippen molar-refractivity contribution < 1.29 is 17.5 Å². The zero-order chi connectivity index (χ0) is 21.0. The number of pyridine rings is 2. The second-order valence-electron chi connectivity index (χ2n) is 6.67. The first-order valence-corrected chi connectivity index (χ1v) is 10.0. The Balaban J connectivity index is 0.00000187. The largest absolute Gasteiger partial charge is 0.361 e. The van der Waals surface area contributed by atoms with E-state index in [0.717, 1.165) is 18.1 Å². The lowest BCUT2D eigenvalue weighted by Gasteiger charge is -2.28. The fourth-order valence-electron chi connectivity index (χ4n) is 3.31. The highest BCUT2D eigenvalue weighted by molar-refractivity contribution is 5.63. The van der Waals surface area contributed by atoms with Crippen LogP contribution in [0.25, 0.3) is 17.0 Å². The molecule has 8 heteroatoms. The summed E-state index contributed by atoms with van der Waals surface area (Å²) < 4.78 is 44.5. The third-order valence-corrected chi connectivity index (χ3v) is 4.88. The summed E-state index contributed by atoms with van der Waals surface area (Å²) in [5, 5.41) is 5.83. The molecule has 0 bridgehead atoms. The van der Waals surface area contributed by atoms with Crippen LogP contribution in [-0.2, 0) is 6.42 Å². The molecule has 1 saturated heterocycles. The van der Waals surface area contributed by atoms with Crippen molar-refractivity contribution in [1.82, 2.24) is 19.7 Å². The van der Waals surface area contributed by atoms with Gasteiger partial charge >= 0.3 is 0 Å². The van der Waals surface area contributed by atoms with Gasteiger partial charge in [0.25, 0.3) is 0 Å². The van der Waals surface area contributed by atoms with E-state index in [0.29, 0.717) is 30.9 Å². The van der Waals surface area contributed by atoms with Crippen LogP contribution in [-0.4, -0.2) is 39.7 Å². The van der Waals surface area contributed by atoms with Gasteiger partial charge in [-0.3, -0.25) is 4.40 Å². The van der Waals surface area contributed by atoms with Gasteiger partial charge < -0.3 is 10.6 Å². The van der Waals surface area contributed by atoms with E-state index in [-0.39, 0.29) is 15.8 Å². The maximum absolute atomic E-state index is 14.5. The van der Waals surface area contributed by atoms with Crippen molar-refractivity contribution in [2.45, 2.75) is 45.8 Å². The van der Waals surface area contributed by atoms with Crippen LogP contribution in [0, 0.1) is 11.6 Å². The fraction of sp³-hybridized carbons (Fsp3) is 0.429. The Bertz CT molecular complexity index is 987. The monoisotopic (exact) mass is 411 g/mol. The Kier molecular flexibility index (Phi) is 6.74. The molecule has 4 rings (SSSR count). The van der Waals surface area contributed by atoms with Crippen molar-refractivity contribution >= 4 is 11.5 Å². The van der Waals surface area contributed by atoms with Crippen LogP contribution < -0.4 is 10.6 Å². The summed E-state index contributed by atoms with van der Waals surface area (Å²) in [5.74, 6) is -1.81. The molecule has 0 aliphatic carbocycles. The van der Waals surface area contributed by atoms with Crippen LogP contribution in [0.3, 0.4) is 0 Å². The van der Waals surface area contributed by atoms with Gasteiger partial charge in [-0.1, -0.05) is 20.8 Å². The molecule has 0 unspecified atom stereocenters. The molecule has 1 aliphatic heterocycles. The van der Waals surface area contributed by atoms with Crippen molar-refractivity contribution in [1.29, 1.82) is 0 Å². The molecule has 1 fully saturated rings. The lowest BCUT2D eigenvalue weighted by atomic mass is 10.1. The predicted octanol–water partition coefficient (Wildman–Crippen LogP) is 5.11. The molecule has 162 valence electrons. The molecular weight excluding hydrogens is 379 g/mol. The van der Waals surface area contributed by atoms with Gasteiger partial charge in [-0.15, -0.1) is 0 Å². The number of nitrogens with zero attached hydrogens (tertiary/aromatic N) is 3. The normalized spacial score (nSPS) is 19.0. The number of rotatable bonds is 4. The Morgan fingerprint density at radius 3 is 2.79 bits per heavy atom. The Labute approximate surface area is 172 Å². The van der Waals surface area contributed by atoms with Crippen molar-refractivity contribution in [3.8, 4) is 11.4 Å². The standard InChI is InChI=1S/C19H20F3N5.C2H6.3H2/c1-2-11-4-6-27-16(10-24-17(27)7-11)18-13(21)8-14(22)19(26-18)25-15-9-23-5-3-12(15)20;1-2;;;/h4,6-8,10,12,15,23H,2-3,5,9H2,1H3,(H,25,26);1-2H3;3*1H/t12-,15-;;;;/m1..../s1. The summed E-state index contributed by atoms with van der Waals surface area (Å²) in [6.45, 7) is 6.96. The second kappa shape index (κ2) is 9.26. The minimum atomic E-state index is -1.12. The van der Waals surface area contributed by atoms with Crippen LogP contribution in [0.1, 0.15) is 37.0 Å². The first kappa shape index (κ1) is 21.1. The Morgan fingerprint density at radius 1 is 1.28 bits per heavy atom. The van der Waals surface area contributed by atoms with E-state index in [1.54, 1.807) is 10.6 Å². The molecule has 5 nitrogen and oxygen atoms in total. The van der Waals surface area contributed by atoms with Crippen molar-refractivity contribution in [3.05, 3.63) is 47.8 Å². The molecule has 0 amide bonds. The first-order valence-electron chi connectivity index (χ1n) is 10.0. The summed E-state index contributed by atoms with van der Waals surface area (Å²) in [6, 6.07) is 3.98. The lowest BCUT2D eigenvalue weighted by Crippen LogP contribution is -2.46. The van der Waals surface area contributed by atoms with E-state index in [1.807, 2.05) is 32.9 Å². The van der Waals surface area contributed by atoms with Gasteiger partial charge in [0.2, 0.25) is 0 Å². The van der Waals surface area contributed by atoms with Gasteiger partial charge in [0.05, 0.1) is 17.9 Å². The molecule has 0 spiro atoms. The number of halogens is 3. The average Bonchev–Trinajstić information content (AvgIpc) is 3.16. The third kappa shape index (κ3) is 4.37. The molecule has 0 radical (unpaired) electrons. The van der Waals surface area contributed by atoms with Crippen LogP contribution >= 0.6 is 0 Å². The number of nitrogens with one attached hydrogen (secondary N) is 2. The number of piperidine rings is 1. The van der Waals surface area contributed by atoms with Gasteiger partial charge in [-0.05, 0) is 37.1 Å². The molecule has 4 heterocycles. The SMILES string of the molecule is CC.CCc1ccn2c(-c3nc(N[C@@H]4CNCC[C@H]4F)c(F)cc3F)cnc2c1.[HH].[HH].[HH]. The van der Waals surface area contributed by atoms with Crippen LogP contribution in [0.15, 0.2) is 30.6 Å². The maximum atomic E-state index is 14.5. The quantitative estimate of drug-likeness (QED) is 0.626. The number of alkyl halides is 1. The van der Waals surface area contributed by atoms with E-state index < -0.39 is 23.8 Å². The Morgan fingerprint density at radius 2 is 2.07 bits per heavy atom. The highest BCUT2D eigenvalue weighted by Gasteiger charge is 2.26. The molecule has 29 heavy (non-hydrogen) atoms. The van der Waals surface area contributed by atoms with E-state index >= 15 is 0 Å². The fourth-order valence-corrected chi connectivity index (χ4v) is 3.31. The van der Waals surface area contributed by atoms with E-state index in [9.17, 15) is 13.2 Å². The van der Waals surface area contributed by atoms with Gasteiger partial charge in [-0.25, -0.2) is 23.1 Å². The highest BCUT2D eigenvalue weighted by atomic mass is 19.1. The number of anilines is 1. The van der Waals surface area contributed by atoms with E-state index in [4.69, 9.17) is 0 Å². The van der Waals surface area contributed by atoms with Crippen molar-refractivity contribution in [2.24, 2.45) is 0 Å². The van der Waals surface area contributed by atoms with E-state index in [1.165, 1.54) is 6.20 Å². The number of hydrogen-bond donors (Lipinski definition) is 2. The third-order valence-electron chi connectivity index (χ3n) is 4.88. The molecule has 0 aromatic carbocycles. The highest BCUT2D eigenvalue weighted by Crippen LogP contribution is 2.27. The molecule has 1 aliphatic rings. The van der Waals surface area contributed by atoms with Crippen molar-refractivity contribution in [2.75, 3.05) is 18.4 Å². The molecule has 2 atom stereocenters.